The molecule has 1 aliphatic heterocycles. The van der Waals surface area contributed by atoms with E-state index < -0.39 is 10.0 Å². The molecule has 5 rings (SSSR count). The quantitative estimate of drug-likeness (QED) is 0.438. The maximum Gasteiger partial charge on any atom is 0.264 e. The van der Waals surface area contributed by atoms with Gasteiger partial charge in [-0.25, -0.2) is 13.4 Å². The summed E-state index contributed by atoms with van der Waals surface area (Å²) in [6, 6.07) is 16.8. The van der Waals surface area contributed by atoms with E-state index in [9.17, 15) is 8.42 Å². The van der Waals surface area contributed by atoms with E-state index in [1.165, 1.54) is 36.4 Å². The van der Waals surface area contributed by atoms with Gasteiger partial charge in [-0.05, 0) is 61.5 Å². The standard InChI is InChI=1S/C27H34N6O2S2/c34-37(35,26-9-5-2-6-10-26)33(20-23-19-28-21-29-23)25-13-11-24(12-14-25)31-15-17-32(18-16-31)27(36)30-22-7-3-1-4-8-22/h2,5-6,9-14,19,21-22H,1,3-4,7-8,15-18,20H2,(H,28,29)(H,30,36). The summed E-state index contributed by atoms with van der Waals surface area (Å²) >= 11 is 5.71. The highest BCUT2D eigenvalue weighted by Crippen LogP contribution is 2.28. The van der Waals surface area contributed by atoms with Crippen LogP contribution in [0.15, 0.2) is 72.0 Å². The molecule has 3 aromatic rings. The third-order valence-electron chi connectivity index (χ3n) is 7.20. The molecule has 1 aliphatic carbocycles. The number of imidazole rings is 1. The summed E-state index contributed by atoms with van der Waals surface area (Å²) in [7, 11) is -3.75. The third kappa shape index (κ3) is 6.07. The van der Waals surface area contributed by atoms with Crippen LogP contribution >= 0.6 is 12.2 Å². The van der Waals surface area contributed by atoms with Crippen molar-refractivity contribution in [2.45, 2.75) is 49.6 Å². The van der Waals surface area contributed by atoms with Crippen LogP contribution in [-0.2, 0) is 16.6 Å². The van der Waals surface area contributed by atoms with Crippen LogP contribution in [0.2, 0.25) is 0 Å². The zero-order valence-corrected chi connectivity index (χ0v) is 22.6. The summed E-state index contributed by atoms with van der Waals surface area (Å²) in [5.74, 6) is 0. The molecule has 0 radical (unpaired) electrons. The molecule has 1 saturated heterocycles. The number of thiocarbonyl (C=S) groups is 1. The fourth-order valence-corrected chi connectivity index (χ4v) is 6.88. The van der Waals surface area contributed by atoms with Gasteiger partial charge in [-0.3, -0.25) is 4.31 Å². The minimum atomic E-state index is -3.75. The third-order valence-corrected chi connectivity index (χ3v) is 9.37. The van der Waals surface area contributed by atoms with E-state index in [1.807, 2.05) is 30.3 Å². The van der Waals surface area contributed by atoms with Crippen molar-refractivity contribution in [3.8, 4) is 0 Å². The Labute approximate surface area is 224 Å². The molecule has 0 atom stereocenters. The molecule has 0 unspecified atom stereocenters. The molecule has 2 N–H and O–H groups in total. The molecular weight excluding hydrogens is 504 g/mol. The number of rotatable bonds is 7. The van der Waals surface area contributed by atoms with E-state index in [0.29, 0.717) is 11.7 Å². The molecule has 1 saturated carbocycles. The van der Waals surface area contributed by atoms with Crippen LogP contribution in [0.1, 0.15) is 37.8 Å². The van der Waals surface area contributed by atoms with E-state index in [4.69, 9.17) is 12.2 Å². The second-order valence-electron chi connectivity index (χ2n) is 9.68. The molecule has 0 amide bonds. The monoisotopic (exact) mass is 538 g/mol. The summed E-state index contributed by atoms with van der Waals surface area (Å²) in [6.07, 6.45) is 9.54. The Morgan fingerprint density at radius 2 is 1.70 bits per heavy atom. The van der Waals surface area contributed by atoms with Crippen LogP contribution in [0.3, 0.4) is 0 Å². The number of hydrogen-bond acceptors (Lipinski definition) is 5. The molecule has 37 heavy (non-hydrogen) atoms. The highest BCUT2D eigenvalue weighted by molar-refractivity contribution is 7.92. The predicted octanol–water partition coefficient (Wildman–Crippen LogP) is 4.13. The molecule has 0 bridgehead atoms. The van der Waals surface area contributed by atoms with Crippen molar-refractivity contribution < 1.29 is 8.42 Å². The normalized spacial score (nSPS) is 17.0. The predicted molar refractivity (Wildman–Crippen MR) is 151 cm³/mol. The minimum absolute atomic E-state index is 0.167. The summed E-state index contributed by atoms with van der Waals surface area (Å²) in [5.41, 5.74) is 2.41. The zero-order chi connectivity index (χ0) is 25.7. The first kappa shape index (κ1) is 25.5. The van der Waals surface area contributed by atoms with E-state index in [0.717, 1.165) is 42.7 Å². The highest BCUT2D eigenvalue weighted by atomic mass is 32.2. The zero-order valence-electron chi connectivity index (χ0n) is 20.9. The molecule has 2 heterocycles. The Hall–Kier alpha value is -3.11. The van der Waals surface area contributed by atoms with Crippen LogP contribution < -0.4 is 14.5 Å². The molecule has 196 valence electrons. The van der Waals surface area contributed by atoms with Crippen LogP contribution in [0.5, 0.6) is 0 Å². The van der Waals surface area contributed by atoms with Gasteiger partial charge in [0.1, 0.15) is 0 Å². The van der Waals surface area contributed by atoms with Gasteiger partial charge in [0.05, 0.1) is 29.1 Å². The molecule has 2 aliphatic rings. The van der Waals surface area contributed by atoms with E-state index >= 15 is 0 Å². The average molecular weight is 539 g/mol. The molecule has 0 spiro atoms. The lowest BCUT2D eigenvalue weighted by molar-refractivity contribution is 0.355. The van der Waals surface area contributed by atoms with Gasteiger partial charge in [-0.2, -0.15) is 0 Å². The second-order valence-corrected chi connectivity index (χ2v) is 11.9. The number of nitrogens with zero attached hydrogens (tertiary/aromatic N) is 4. The van der Waals surface area contributed by atoms with E-state index in [-0.39, 0.29) is 11.4 Å². The second kappa shape index (κ2) is 11.5. The fourth-order valence-electron chi connectivity index (χ4n) is 5.07. The maximum atomic E-state index is 13.5. The van der Waals surface area contributed by atoms with Gasteiger partial charge in [0.25, 0.3) is 10.0 Å². The van der Waals surface area contributed by atoms with E-state index in [2.05, 4.69) is 25.1 Å². The van der Waals surface area contributed by atoms with Gasteiger partial charge in [-0.15, -0.1) is 0 Å². The fraction of sp³-hybridized carbons (Fsp3) is 0.407. The number of hydrogen-bond donors (Lipinski definition) is 2. The van der Waals surface area contributed by atoms with Crippen LogP contribution in [0.25, 0.3) is 0 Å². The van der Waals surface area contributed by atoms with Crippen molar-refractivity contribution in [1.82, 2.24) is 20.2 Å². The lowest BCUT2D eigenvalue weighted by Gasteiger charge is -2.38. The van der Waals surface area contributed by atoms with Gasteiger partial charge in [0, 0.05) is 44.1 Å². The number of piperazine rings is 1. The van der Waals surface area contributed by atoms with Crippen LogP contribution in [0, 0.1) is 0 Å². The van der Waals surface area contributed by atoms with Gasteiger partial charge in [-0.1, -0.05) is 37.5 Å². The van der Waals surface area contributed by atoms with Crippen molar-refractivity contribution in [2.75, 3.05) is 35.4 Å². The maximum absolute atomic E-state index is 13.5. The number of nitrogens with one attached hydrogen (secondary N) is 2. The largest absolute Gasteiger partial charge is 0.368 e. The SMILES string of the molecule is O=S(=O)(c1ccccc1)N(Cc1cnc[nH]1)c1ccc(N2CCN(C(=S)NC3CCCCC3)CC2)cc1. The van der Waals surface area contributed by atoms with Crippen molar-refractivity contribution in [3.05, 3.63) is 72.8 Å². The Kier molecular flexibility index (Phi) is 7.95. The molecule has 10 heteroatoms. The van der Waals surface area contributed by atoms with E-state index in [1.54, 1.807) is 36.8 Å². The van der Waals surface area contributed by atoms with Gasteiger partial charge < -0.3 is 20.1 Å². The van der Waals surface area contributed by atoms with Crippen LogP contribution in [0.4, 0.5) is 11.4 Å². The summed E-state index contributed by atoms with van der Waals surface area (Å²) in [5, 5.41) is 4.46. The Balaban J connectivity index is 1.26. The summed E-state index contributed by atoms with van der Waals surface area (Å²) in [6.45, 7) is 3.64. The number of aromatic amines is 1. The molecule has 1 aromatic heterocycles. The topological polar surface area (TPSA) is 84.6 Å². The molecular formula is C27H34N6O2S2. The van der Waals surface area contributed by atoms with Gasteiger partial charge >= 0.3 is 0 Å². The first-order chi connectivity index (χ1) is 18.0. The average Bonchev–Trinajstić information content (AvgIpc) is 3.46. The molecule has 2 aromatic carbocycles. The molecule has 8 nitrogen and oxygen atoms in total. The number of H-pyrrole nitrogens is 1. The first-order valence-corrected chi connectivity index (χ1v) is 14.8. The van der Waals surface area contributed by atoms with Crippen molar-refractivity contribution in [2.24, 2.45) is 0 Å². The first-order valence-electron chi connectivity index (χ1n) is 13.0. The number of benzene rings is 2. The number of anilines is 2. The minimum Gasteiger partial charge on any atom is -0.368 e. The number of sulfonamides is 1. The van der Waals surface area contributed by atoms with Crippen LogP contribution in [-0.4, -0.2) is 60.6 Å². The lowest BCUT2D eigenvalue weighted by Crippen LogP contribution is -2.53. The van der Waals surface area contributed by atoms with Crippen molar-refractivity contribution >= 4 is 38.7 Å². The van der Waals surface area contributed by atoms with Crippen molar-refractivity contribution in [3.63, 3.8) is 0 Å². The Morgan fingerprint density at radius 3 is 2.35 bits per heavy atom. The van der Waals surface area contributed by atoms with Crippen molar-refractivity contribution in [1.29, 1.82) is 0 Å². The smallest absolute Gasteiger partial charge is 0.264 e. The summed E-state index contributed by atoms with van der Waals surface area (Å²) in [4.78, 5) is 11.9. The van der Waals surface area contributed by atoms with Gasteiger partial charge in [0.2, 0.25) is 0 Å². The Morgan fingerprint density at radius 1 is 1.00 bits per heavy atom. The Bertz CT molecular complexity index is 1250. The number of aromatic nitrogens is 2. The highest BCUT2D eigenvalue weighted by Gasteiger charge is 2.26. The molecule has 2 fully saturated rings. The summed E-state index contributed by atoms with van der Waals surface area (Å²) < 4.78 is 28.5. The lowest BCUT2D eigenvalue weighted by atomic mass is 9.96. The van der Waals surface area contributed by atoms with Gasteiger partial charge in [0.15, 0.2) is 5.11 Å².